The molecule has 0 unspecified atom stereocenters. The number of aryl methyl sites for hydroxylation is 2. The Morgan fingerprint density at radius 1 is 1.07 bits per heavy atom. The van der Waals surface area contributed by atoms with Gasteiger partial charge in [-0.3, -0.25) is 18.8 Å². The Bertz CT molecular complexity index is 1190. The van der Waals surface area contributed by atoms with Crippen LogP contribution in [0, 0.1) is 6.92 Å². The van der Waals surface area contributed by atoms with E-state index in [4.69, 9.17) is 4.98 Å². The van der Waals surface area contributed by atoms with Crippen LogP contribution >= 0.6 is 0 Å². The summed E-state index contributed by atoms with van der Waals surface area (Å²) in [6.07, 6.45) is 4.77. The lowest BCUT2D eigenvalue weighted by Crippen LogP contribution is -2.39. The first kappa shape index (κ1) is 20.6. The van der Waals surface area contributed by atoms with E-state index in [0.29, 0.717) is 30.3 Å². The van der Waals surface area contributed by atoms with Gasteiger partial charge in [0.1, 0.15) is 5.82 Å². The number of hydrogen-bond donors (Lipinski definition) is 0. The molecule has 0 radical (unpaired) electrons. The molecule has 1 aromatic carbocycles. The Balaban J connectivity index is 1.89. The van der Waals surface area contributed by atoms with Crippen molar-refractivity contribution < 1.29 is 0 Å². The highest BCUT2D eigenvalue weighted by Crippen LogP contribution is 2.23. The molecule has 0 amide bonds. The van der Waals surface area contributed by atoms with Crippen LogP contribution in [0.15, 0.2) is 33.9 Å². The minimum Gasteiger partial charge on any atom is -0.317 e. The van der Waals surface area contributed by atoms with Gasteiger partial charge in [0.2, 0.25) is 0 Å². The molecule has 1 atom stereocenters. The SMILES string of the molecule is CC[C@@H]1CCCCN1Cc1nc2c(c(=O)n(C)c(=O)n2C)n1Cc1ccccc1C. The van der Waals surface area contributed by atoms with E-state index < -0.39 is 0 Å². The molecule has 1 saturated heterocycles. The van der Waals surface area contributed by atoms with Crippen molar-refractivity contribution in [3.8, 4) is 0 Å². The van der Waals surface area contributed by atoms with Gasteiger partial charge in [-0.2, -0.15) is 0 Å². The summed E-state index contributed by atoms with van der Waals surface area (Å²) in [4.78, 5) is 32.9. The van der Waals surface area contributed by atoms with Gasteiger partial charge in [-0.25, -0.2) is 9.78 Å². The summed E-state index contributed by atoms with van der Waals surface area (Å²) in [7, 11) is 3.22. The third-order valence-corrected chi connectivity index (χ3v) is 6.58. The molecule has 0 saturated carbocycles. The van der Waals surface area contributed by atoms with Gasteiger partial charge in [0.25, 0.3) is 5.56 Å². The Kier molecular flexibility index (Phi) is 5.64. The topological polar surface area (TPSA) is 65.1 Å². The number of imidazole rings is 1. The van der Waals surface area contributed by atoms with Gasteiger partial charge in [-0.1, -0.05) is 37.6 Å². The molecule has 1 fully saturated rings. The summed E-state index contributed by atoms with van der Waals surface area (Å²) < 4.78 is 4.70. The highest BCUT2D eigenvalue weighted by molar-refractivity contribution is 5.71. The van der Waals surface area contributed by atoms with Gasteiger partial charge < -0.3 is 4.57 Å². The van der Waals surface area contributed by atoms with Crippen LogP contribution in [0.2, 0.25) is 0 Å². The standard InChI is InChI=1S/C23H31N5O2/c1-5-18-12-8-9-13-27(18)15-19-24-21-20(22(29)26(4)23(30)25(21)3)28(19)14-17-11-7-6-10-16(17)2/h6-7,10-11,18H,5,8-9,12-15H2,1-4H3/t18-/m1/s1. The zero-order valence-corrected chi connectivity index (χ0v) is 18.4. The van der Waals surface area contributed by atoms with Crippen molar-refractivity contribution in [1.29, 1.82) is 0 Å². The number of aromatic nitrogens is 4. The van der Waals surface area contributed by atoms with Gasteiger partial charge in [0.05, 0.1) is 6.54 Å². The fourth-order valence-electron chi connectivity index (χ4n) is 4.65. The second-order valence-corrected chi connectivity index (χ2v) is 8.45. The van der Waals surface area contributed by atoms with Crippen molar-refractivity contribution in [3.05, 3.63) is 62.1 Å². The molecule has 2 aromatic heterocycles. The van der Waals surface area contributed by atoms with E-state index in [1.165, 1.54) is 41.0 Å². The number of piperidine rings is 1. The van der Waals surface area contributed by atoms with E-state index in [0.717, 1.165) is 24.4 Å². The van der Waals surface area contributed by atoms with Crippen molar-refractivity contribution in [3.63, 3.8) is 0 Å². The van der Waals surface area contributed by atoms with E-state index in [1.807, 2.05) is 16.7 Å². The highest BCUT2D eigenvalue weighted by atomic mass is 16.2. The Labute approximate surface area is 176 Å². The zero-order chi connectivity index (χ0) is 21.4. The van der Waals surface area contributed by atoms with Crippen LogP contribution in [-0.2, 0) is 27.2 Å². The molecule has 4 rings (SSSR count). The lowest BCUT2D eigenvalue weighted by atomic mass is 10.00. The summed E-state index contributed by atoms with van der Waals surface area (Å²) in [6, 6.07) is 8.75. The number of hydrogen-bond acceptors (Lipinski definition) is 4. The molecule has 0 spiro atoms. The number of benzene rings is 1. The number of rotatable bonds is 5. The van der Waals surface area contributed by atoms with Crippen LogP contribution in [0.5, 0.6) is 0 Å². The van der Waals surface area contributed by atoms with E-state index >= 15 is 0 Å². The predicted octanol–water partition coefficient (Wildman–Crippen LogP) is 2.55. The summed E-state index contributed by atoms with van der Waals surface area (Å²) >= 11 is 0. The molecule has 7 heteroatoms. The van der Waals surface area contributed by atoms with Gasteiger partial charge in [-0.05, 0) is 43.9 Å². The minimum absolute atomic E-state index is 0.286. The largest absolute Gasteiger partial charge is 0.332 e. The first-order valence-corrected chi connectivity index (χ1v) is 10.9. The molecule has 1 aliphatic rings. The van der Waals surface area contributed by atoms with Crippen LogP contribution < -0.4 is 11.2 Å². The molecule has 0 bridgehead atoms. The van der Waals surface area contributed by atoms with Gasteiger partial charge in [-0.15, -0.1) is 0 Å². The summed E-state index contributed by atoms with van der Waals surface area (Å²) in [5.41, 5.74) is 2.67. The third kappa shape index (κ3) is 3.51. The Morgan fingerprint density at radius 3 is 2.57 bits per heavy atom. The molecule has 1 aliphatic heterocycles. The predicted molar refractivity (Wildman–Crippen MR) is 119 cm³/mol. The fourth-order valence-corrected chi connectivity index (χ4v) is 4.65. The van der Waals surface area contributed by atoms with Crippen LogP contribution in [0.3, 0.4) is 0 Å². The third-order valence-electron chi connectivity index (χ3n) is 6.58. The van der Waals surface area contributed by atoms with Gasteiger partial charge in [0.15, 0.2) is 11.2 Å². The van der Waals surface area contributed by atoms with Crippen molar-refractivity contribution in [1.82, 2.24) is 23.6 Å². The molecule has 7 nitrogen and oxygen atoms in total. The maximum Gasteiger partial charge on any atom is 0.332 e. The molecule has 3 heterocycles. The first-order valence-electron chi connectivity index (χ1n) is 10.9. The van der Waals surface area contributed by atoms with Crippen LogP contribution in [0.4, 0.5) is 0 Å². The molecule has 30 heavy (non-hydrogen) atoms. The summed E-state index contributed by atoms with van der Waals surface area (Å²) in [6.45, 7) is 6.62. The quantitative estimate of drug-likeness (QED) is 0.650. The van der Waals surface area contributed by atoms with Crippen molar-refractivity contribution >= 4 is 11.2 Å². The highest BCUT2D eigenvalue weighted by Gasteiger charge is 2.25. The zero-order valence-electron chi connectivity index (χ0n) is 18.4. The first-order chi connectivity index (χ1) is 14.4. The van der Waals surface area contributed by atoms with E-state index in [1.54, 1.807) is 7.05 Å². The van der Waals surface area contributed by atoms with Crippen LogP contribution in [-0.4, -0.2) is 36.2 Å². The van der Waals surface area contributed by atoms with E-state index in [-0.39, 0.29) is 11.2 Å². The number of nitrogens with zero attached hydrogens (tertiary/aromatic N) is 5. The second-order valence-electron chi connectivity index (χ2n) is 8.45. The molecule has 0 N–H and O–H groups in total. The van der Waals surface area contributed by atoms with Gasteiger partial charge >= 0.3 is 5.69 Å². The van der Waals surface area contributed by atoms with Crippen molar-refractivity contribution in [2.24, 2.45) is 14.1 Å². The van der Waals surface area contributed by atoms with Crippen LogP contribution in [0.1, 0.15) is 49.6 Å². The van der Waals surface area contributed by atoms with Gasteiger partial charge in [0, 0.05) is 26.7 Å². The maximum atomic E-state index is 13.1. The maximum absolute atomic E-state index is 13.1. The average molecular weight is 410 g/mol. The van der Waals surface area contributed by atoms with E-state index in [2.05, 4.69) is 30.9 Å². The summed E-state index contributed by atoms with van der Waals surface area (Å²) in [5.74, 6) is 0.854. The Hall–Kier alpha value is -2.67. The molecular formula is C23H31N5O2. The van der Waals surface area contributed by atoms with Crippen molar-refractivity contribution in [2.75, 3.05) is 6.54 Å². The monoisotopic (exact) mass is 409 g/mol. The second kappa shape index (κ2) is 8.22. The minimum atomic E-state index is -0.344. The van der Waals surface area contributed by atoms with Crippen LogP contribution in [0.25, 0.3) is 11.2 Å². The lowest BCUT2D eigenvalue weighted by Gasteiger charge is -2.34. The number of likely N-dealkylation sites (tertiary alicyclic amines) is 1. The number of fused-ring (bicyclic) bond motifs is 1. The molecule has 3 aromatic rings. The molecule has 160 valence electrons. The lowest BCUT2D eigenvalue weighted by molar-refractivity contribution is 0.131. The smallest absolute Gasteiger partial charge is 0.317 e. The Morgan fingerprint density at radius 2 is 1.83 bits per heavy atom. The van der Waals surface area contributed by atoms with Crippen molar-refractivity contribution in [2.45, 2.75) is 58.7 Å². The molecule has 0 aliphatic carbocycles. The fraction of sp³-hybridized carbons (Fsp3) is 0.522. The van der Waals surface area contributed by atoms with E-state index in [9.17, 15) is 9.59 Å². The molecular weight excluding hydrogens is 378 g/mol. The average Bonchev–Trinajstić information content (AvgIpc) is 3.10. The summed E-state index contributed by atoms with van der Waals surface area (Å²) in [5, 5.41) is 0. The normalized spacial score (nSPS) is 17.7.